The summed E-state index contributed by atoms with van der Waals surface area (Å²) < 4.78 is 11.8. The fourth-order valence-electron chi connectivity index (χ4n) is 2.37. The summed E-state index contributed by atoms with van der Waals surface area (Å²) in [6.45, 7) is 3.63. The number of ether oxygens (including phenoxy) is 1. The molecule has 0 aliphatic rings. The Balaban J connectivity index is 1.60. The van der Waals surface area contributed by atoms with Crippen molar-refractivity contribution in [3.05, 3.63) is 70.0 Å². The third-order valence-corrected chi connectivity index (χ3v) is 4.23. The SMILES string of the molecule is Cc1noc(C)c1CC(=O)Nc1ccc(Oc2ccc(Br)cc2)cc1. The van der Waals surface area contributed by atoms with Gasteiger partial charge in [-0.05, 0) is 62.4 Å². The maximum atomic E-state index is 12.2. The number of hydrogen-bond donors (Lipinski definition) is 1. The first-order valence-electron chi connectivity index (χ1n) is 7.76. The van der Waals surface area contributed by atoms with Crippen molar-refractivity contribution >= 4 is 27.5 Å². The van der Waals surface area contributed by atoms with Crippen LogP contribution in [-0.2, 0) is 11.2 Å². The Hall–Kier alpha value is -2.60. The van der Waals surface area contributed by atoms with E-state index in [1.807, 2.05) is 43.3 Å². The minimum Gasteiger partial charge on any atom is -0.457 e. The first-order valence-corrected chi connectivity index (χ1v) is 8.55. The molecule has 0 fully saturated rings. The molecule has 0 radical (unpaired) electrons. The van der Waals surface area contributed by atoms with Gasteiger partial charge < -0.3 is 14.6 Å². The van der Waals surface area contributed by atoms with E-state index in [2.05, 4.69) is 26.4 Å². The van der Waals surface area contributed by atoms with Crippen LogP contribution in [0.2, 0.25) is 0 Å². The standard InChI is InChI=1S/C19H17BrN2O3/c1-12-18(13(2)25-22-12)11-19(23)21-15-5-9-17(10-6-15)24-16-7-3-14(20)4-8-16/h3-10H,11H2,1-2H3,(H,21,23). The van der Waals surface area contributed by atoms with Gasteiger partial charge in [0, 0.05) is 15.7 Å². The average molecular weight is 401 g/mol. The molecule has 1 aromatic heterocycles. The van der Waals surface area contributed by atoms with E-state index in [9.17, 15) is 4.79 Å². The fourth-order valence-corrected chi connectivity index (χ4v) is 2.63. The number of rotatable bonds is 5. The molecule has 128 valence electrons. The van der Waals surface area contributed by atoms with Gasteiger partial charge in [-0.3, -0.25) is 4.79 Å². The van der Waals surface area contributed by atoms with E-state index in [4.69, 9.17) is 9.26 Å². The zero-order valence-electron chi connectivity index (χ0n) is 13.9. The van der Waals surface area contributed by atoms with E-state index < -0.39 is 0 Å². The van der Waals surface area contributed by atoms with Gasteiger partial charge in [-0.2, -0.15) is 0 Å². The van der Waals surface area contributed by atoms with Crippen LogP contribution in [0, 0.1) is 13.8 Å². The van der Waals surface area contributed by atoms with Crippen LogP contribution in [0.25, 0.3) is 0 Å². The van der Waals surface area contributed by atoms with Crippen molar-refractivity contribution in [1.82, 2.24) is 5.16 Å². The molecule has 3 aromatic rings. The van der Waals surface area contributed by atoms with E-state index in [1.54, 1.807) is 19.1 Å². The van der Waals surface area contributed by atoms with Gasteiger partial charge in [-0.15, -0.1) is 0 Å². The molecule has 1 amide bonds. The van der Waals surface area contributed by atoms with E-state index in [0.717, 1.165) is 21.5 Å². The largest absolute Gasteiger partial charge is 0.457 e. The molecule has 0 aliphatic heterocycles. The van der Waals surface area contributed by atoms with Gasteiger partial charge in [0.25, 0.3) is 0 Å². The lowest BCUT2D eigenvalue weighted by Crippen LogP contribution is -2.15. The number of nitrogens with zero attached hydrogens (tertiary/aromatic N) is 1. The first-order chi connectivity index (χ1) is 12.0. The Morgan fingerprint density at radius 3 is 2.24 bits per heavy atom. The number of hydrogen-bond acceptors (Lipinski definition) is 4. The van der Waals surface area contributed by atoms with Crippen LogP contribution < -0.4 is 10.1 Å². The highest BCUT2D eigenvalue weighted by Gasteiger charge is 2.13. The van der Waals surface area contributed by atoms with Crippen LogP contribution in [0.15, 0.2) is 57.5 Å². The number of benzene rings is 2. The molecule has 25 heavy (non-hydrogen) atoms. The Kier molecular flexibility index (Phi) is 5.19. The molecule has 0 saturated carbocycles. The molecule has 0 aliphatic carbocycles. The van der Waals surface area contributed by atoms with Gasteiger partial charge in [-0.25, -0.2) is 0 Å². The number of aryl methyl sites for hydroxylation is 2. The van der Waals surface area contributed by atoms with E-state index in [-0.39, 0.29) is 12.3 Å². The molecule has 6 heteroatoms. The molecule has 1 N–H and O–H groups in total. The van der Waals surface area contributed by atoms with Crippen molar-refractivity contribution in [2.75, 3.05) is 5.32 Å². The molecular formula is C19H17BrN2O3. The molecule has 0 atom stereocenters. The van der Waals surface area contributed by atoms with Gasteiger partial charge in [0.2, 0.25) is 5.91 Å². The topological polar surface area (TPSA) is 64.4 Å². The first kappa shape index (κ1) is 17.2. The third kappa shape index (κ3) is 4.48. The molecule has 0 bridgehead atoms. The third-order valence-electron chi connectivity index (χ3n) is 3.71. The summed E-state index contributed by atoms with van der Waals surface area (Å²) in [5.74, 6) is 2.01. The predicted molar refractivity (Wildman–Crippen MR) is 99.0 cm³/mol. The second-order valence-electron chi connectivity index (χ2n) is 5.61. The molecule has 5 nitrogen and oxygen atoms in total. The Morgan fingerprint density at radius 2 is 1.68 bits per heavy atom. The summed E-state index contributed by atoms with van der Waals surface area (Å²) in [5.41, 5.74) is 2.28. The van der Waals surface area contributed by atoms with Crippen LogP contribution in [0.4, 0.5) is 5.69 Å². The number of halogens is 1. The Morgan fingerprint density at radius 1 is 1.08 bits per heavy atom. The van der Waals surface area contributed by atoms with Crippen molar-refractivity contribution in [2.45, 2.75) is 20.3 Å². The van der Waals surface area contributed by atoms with Crippen molar-refractivity contribution in [3.8, 4) is 11.5 Å². The number of carbonyl (C=O) groups excluding carboxylic acids is 1. The van der Waals surface area contributed by atoms with E-state index >= 15 is 0 Å². The lowest BCUT2D eigenvalue weighted by Gasteiger charge is -2.08. The molecule has 3 rings (SSSR count). The molecular weight excluding hydrogens is 384 g/mol. The zero-order chi connectivity index (χ0) is 17.8. The molecule has 1 heterocycles. The van der Waals surface area contributed by atoms with E-state index in [1.165, 1.54) is 0 Å². The Labute approximate surface area is 154 Å². The fraction of sp³-hybridized carbons (Fsp3) is 0.158. The van der Waals surface area contributed by atoms with Crippen LogP contribution in [0.5, 0.6) is 11.5 Å². The summed E-state index contributed by atoms with van der Waals surface area (Å²) >= 11 is 3.39. The monoisotopic (exact) mass is 400 g/mol. The summed E-state index contributed by atoms with van der Waals surface area (Å²) in [6, 6.07) is 14.8. The van der Waals surface area contributed by atoms with E-state index in [0.29, 0.717) is 17.2 Å². The maximum Gasteiger partial charge on any atom is 0.228 e. The average Bonchev–Trinajstić information content (AvgIpc) is 2.90. The summed E-state index contributed by atoms with van der Waals surface area (Å²) in [5, 5.41) is 6.72. The summed E-state index contributed by atoms with van der Waals surface area (Å²) in [6.07, 6.45) is 0.234. The van der Waals surface area contributed by atoms with Crippen LogP contribution in [0.3, 0.4) is 0 Å². The minimum atomic E-state index is -0.115. The van der Waals surface area contributed by atoms with Crippen LogP contribution in [0.1, 0.15) is 17.0 Å². The van der Waals surface area contributed by atoms with Gasteiger partial charge in [0.15, 0.2) is 0 Å². The number of anilines is 1. The molecule has 2 aromatic carbocycles. The highest BCUT2D eigenvalue weighted by molar-refractivity contribution is 9.10. The van der Waals surface area contributed by atoms with Gasteiger partial charge in [0.05, 0.1) is 12.1 Å². The van der Waals surface area contributed by atoms with Crippen molar-refractivity contribution in [3.63, 3.8) is 0 Å². The van der Waals surface area contributed by atoms with Gasteiger partial charge in [0.1, 0.15) is 17.3 Å². The van der Waals surface area contributed by atoms with Gasteiger partial charge in [-0.1, -0.05) is 21.1 Å². The Bertz CT molecular complexity index is 851. The van der Waals surface area contributed by atoms with Crippen molar-refractivity contribution in [2.24, 2.45) is 0 Å². The summed E-state index contributed by atoms with van der Waals surface area (Å²) in [4.78, 5) is 12.2. The lowest BCUT2D eigenvalue weighted by atomic mass is 10.1. The van der Waals surface area contributed by atoms with Gasteiger partial charge >= 0.3 is 0 Å². The second kappa shape index (κ2) is 7.53. The number of amides is 1. The lowest BCUT2D eigenvalue weighted by molar-refractivity contribution is -0.115. The second-order valence-corrected chi connectivity index (χ2v) is 6.52. The molecule has 0 saturated heterocycles. The van der Waals surface area contributed by atoms with Crippen molar-refractivity contribution < 1.29 is 14.1 Å². The predicted octanol–water partition coefficient (Wildman–Crippen LogP) is 5.03. The number of carbonyl (C=O) groups is 1. The van der Waals surface area contributed by atoms with Crippen molar-refractivity contribution in [1.29, 1.82) is 0 Å². The smallest absolute Gasteiger partial charge is 0.228 e. The number of nitrogens with one attached hydrogen (secondary N) is 1. The minimum absolute atomic E-state index is 0.115. The quantitative estimate of drug-likeness (QED) is 0.652. The highest BCUT2D eigenvalue weighted by atomic mass is 79.9. The van der Waals surface area contributed by atoms with Crippen LogP contribution >= 0.6 is 15.9 Å². The highest BCUT2D eigenvalue weighted by Crippen LogP contribution is 2.24. The normalized spacial score (nSPS) is 10.5. The molecule has 0 unspecified atom stereocenters. The zero-order valence-corrected chi connectivity index (χ0v) is 15.5. The van der Waals surface area contributed by atoms with Crippen LogP contribution in [-0.4, -0.2) is 11.1 Å². The summed E-state index contributed by atoms with van der Waals surface area (Å²) in [7, 11) is 0. The molecule has 0 spiro atoms. The number of aromatic nitrogens is 1. The maximum absolute atomic E-state index is 12.2.